The SMILES string of the molecule is COc1cc(N)c(C(=O)NC2CC=CC2)cc1OC. The van der Waals surface area contributed by atoms with Crippen molar-refractivity contribution >= 4 is 11.6 Å². The summed E-state index contributed by atoms with van der Waals surface area (Å²) in [6.45, 7) is 0. The number of rotatable bonds is 4. The fourth-order valence-corrected chi connectivity index (χ4v) is 2.09. The summed E-state index contributed by atoms with van der Waals surface area (Å²) in [7, 11) is 3.05. The summed E-state index contributed by atoms with van der Waals surface area (Å²) in [4.78, 5) is 12.2. The van der Waals surface area contributed by atoms with E-state index < -0.39 is 0 Å². The van der Waals surface area contributed by atoms with Crippen LogP contribution in [0.4, 0.5) is 5.69 Å². The summed E-state index contributed by atoms with van der Waals surface area (Å²) in [5.41, 5.74) is 6.67. The Hall–Kier alpha value is -2.17. The van der Waals surface area contributed by atoms with Gasteiger partial charge in [0.25, 0.3) is 5.91 Å². The minimum Gasteiger partial charge on any atom is -0.493 e. The van der Waals surface area contributed by atoms with Crippen LogP contribution in [-0.4, -0.2) is 26.2 Å². The number of anilines is 1. The number of methoxy groups -OCH3 is 2. The third-order valence-electron chi connectivity index (χ3n) is 3.14. The van der Waals surface area contributed by atoms with Gasteiger partial charge in [0.15, 0.2) is 11.5 Å². The number of hydrogen-bond acceptors (Lipinski definition) is 4. The van der Waals surface area contributed by atoms with E-state index in [0.29, 0.717) is 22.7 Å². The van der Waals surface area contributed by atoms with E-state index in [-0.39, 0.29) is 11.9 Å². The van der Waals surface area contributed by atoms with Crippen LogP contribution in [-0.2, 0) is 0 Å². The van der Waals surface area contributed by atoms with Crippen molar-refractivity contribution in [1.29, 1.82) is 0 Å². The molecule has 0 bridgehead atoms. The largest absolute Gasteiger partial charge is 0.493 e. The van der Waals surface area contributed by atoms with E-state index in [0.717, 1.165) is 12.8 Å². The average molecular weight is 262 g/mol. The molecule has 0 aliphatic heterocycles. The normalized spacial score (nSPS) is 14.4. The molecular weight excluding hydrogens is 244 g/mol. The molecule has 5 nitrogen and oxygen atoms in total. The molecule has 0 atom stereocenters. The zero-order valence-corrected chi connectivity index (χ0v) is 11.1. The Morgan fingerprint density at radius 3 is 2.37 bits per heavy atom. The second kappa shape index (κ2) is 5.65. The molecule has 2 rings (SSSR count). The first-order chi connectivity index (χ1) is 9.15. The Morgan fingerprint density at radius 1 is 1.21 bits per heavy atom. The van der Waals surface area contributed by atoms with Crippen LogP contribution in [0, 0.1) is 0 Å². The van der Waals surface area contributed by atoms with Gasteiger partial charge >= 0.3 is 0 Å². The van der Waals surface area contributed by atoms with E-state index >= 15 is 0 Å². The maximum atomic E-state index is 12.2. The first-order valence-electron chi connectivity index (χ1n) is 6.13. The van der Waals surface area contributed by atoms with Crippen molar-refractivity contribution < 1.29 is 14.3 Å². The molecule has 1 aliphatic rings. The number of carbonyl (C=O) groups is 1. The smallest absolute Gasteiger partial charge is 0.253 e. The highest BCUT2D eigenvalue weighted by atomic mass is 16.5. The van der Waals surface area contributed by atoms with Crippen LogP contribution in [0.15, 0.2) is 24.3 Å². The van der Waals surface area contributed by atoms with E-state index in [1.807, 2.05) is 0 Å². The van der Waals surface area contributed by atoms with Crippen LogP contribution in [0.5, 0.6) is 11.5 Å². The van der Waals surface area contributed by atoms with Gasteiger partial charge in [-0.1, -0.05) is 12.2 Å². The molecule has 1 aromatic rings. The van der Waals surface area contributed by atoms with Crippen LogP contribution in [0.25, 0.3) is 0 Å². The van der Waals surface area contributed by atoms with Gasteiger partial charge in [-0.05, 0) is 18.9 Å². The highest BCUT2D eigenvalue weighted by Gasteiger charge is 2.18. The van der Waals surface area contributed by atoms with E-state index in [1.165, 1.54) is 14.2 Å². The Balaban J connectivity index is 2.20. The molecule has 19 heavy (non-hydrogen) atoms. The molecule has 0 saturated heterocycles. The van der Waals surface area contributed by atoms with Crippen LogP contribution >= 0.6 is 0 Å². The van der Waals surface area contributed by atoms with Crippen LogP contribution in [0.3, 0.4) is 0 Å². The number of benzene rings is 1. The zero-order chi connectivity index (χ0) is 13.8. The highest BCUT2D eigenvalue weighted by molar-refractivity contribution is 6.00. The Morgan fingerprint density at radius 2 is 1.79 bits per heavy atom. The van der Waals surface area contributed by atoms with Crippen molar-refractivity contribution in [3.8, 4) is 11.5 Å². The lowest BCUT2D eigenvalue weighted by atomic mass is 10.1. The molecule has 0 unspecified atom stereocenters. The molecular formula is C14H18N2O3. The molecule has 102 valence electrons. The van der Waals surface area contributed by atoms with E-state index in [1.54, 1.807) is 12.1 Å². The number of amides is 1. The van der Waals surface area contributed by atoms with Gasteiger partial charge in [-0.2, -0.15) is 0 Å². The van der Waals surface area contributed by atoms with Crippen LogP contribution < -0.4 is 20.5 Å². The topological polar surface area (TPSA) is 73.6 Å². The first-order valence-corrected chi connectivity index (χ1v) is 6.13. The fourth-order valence-electron chi connectivity index (χ4n) is 2.09. The molecule has 0 saturated carbocycles. The maximum Gasteiger partial charge on any atom is 0.253 e. The van der Waals surface area contributed by atoms with Gasteiger partial charge < -0.3 is 20.5 Å². The molecule has 0 fully saturated rings. The van der Waals surface area contributed by atoms with Crippen molar-refractivity contribution in [2.24, 2.45) is 0 Å². The van der Waals surface area contributed by atoms with Crippen molar-refractivity contribution in [2.75, 3.05) is 20.0 Å². The van der Waals surface area contributed by atoms with Gasteiger partial charge in [0, 0.05) is 17.8 Å². The molecule has 1 aromatic carbocycles. The first kappa shape index (κ1) is 13.3. The lowest BCUT2D eigenvalue weighted by Gasteiger charge is -2.15. The molecule has 0 heterocycles. The summed E-state index contributed by atoms with van der Waals surface area (Å²) < 4.78 is 10.3. The number of carbonyl (C=O) groups excluding carboxylic acids is 1. The number of nitrogens with two attached hydrogens (primary N) is 1. The number of nitrogens with one attached hydrogen (secondary N) is 1. The van der Waals surface area contributed by atoms with Gasteiger partial charge in [-0.15, -0.1) is 0 Å². The predicted molar refractivity (Wildman–Crippen MR) is 73.6 cm³/mol. The Bertz CT molecular complexity index is 504. The number of ether oxygens (including phenoxy) is 2. The molecule has 1 aliphatic carbocycles. The van der Waals surface area contributed by atoms with E-state index in [4.69, 9.17) is 15.2 Å². The van der Waals surface area contributed by atoms with Crippen molar-refractivity contribution in [1.82, 2.24) is 5.32 Å². The van der Waals surface area contributed by atoms with Gasteiger partial charge in [0.1, 0.15) is 0 Å². The fraction of sp³-hybridized carbons (Fsp3) is 0.357. The zero-order valence-electron chi connectivity index (χ0n) is 11.1. The van der Waals surface area contributed by atoms with Crippen LogP contribution in [0.1, 0.15) is 23.2 Å². The molecule has 0 aromatic heterocycles. The number of hydrogen-bond donors (Lipinski definition) is 2. The standard InChI is InChI=1S/C14H18N2O3/c1-18-12-7-10(11(15)8-13(12)19-2)14(17)16-9-5-3-4-6-9/h3-4,7-9H,5-6,15H2,1-2H3,(H,16,17). The quantitative estimate of drug-likeness (QED) is 0.640. The summed E-state index contributed by atoms with van der Waals surface area (Å²) in [6, 6.07) is 3.35. The molecule has 3 N–H and O–H groups in total. The van der Waals surface area contributed by atoms with E-state index in [9.17, 15) is 4.79 Å². The second-order valence-electron chi connectivity index (χ2n) is 4.41. The molecule has 0 spiro atoms. The monoisotopic (exact) mass is 262 g/mol. The molecule has 1 amide bonds. The summed E-state index contributed by atoms with van der Waals surface area (Å²) in [5, 5.41) is 2.95. The Kier molecular flexibility index (Phi) is 3.94. The lowest BCUT2D eigenvalue weighted by molar-refractivity contribution is 0.0939. The van der Waals surface area contributed by atoms with Crippen molar-refractivity contribution in [2.45, 2.75) is 18.9 Å². The van der Waals surface area contributed by atoms with Gasteiger partial charge in [0.05, 0.1) is 19.8 Å². The van der Waals surface area contributed by atoms with Gasteiger partial charge in [0.2, 0.25) is 0 Å². The third-order valence-corrected chi connectivity index (χ3v) is 3.14. The van der Waals surface area contributed by atoms with Crippen molar-refractivity contribution in [3.05, 3.63) is 29.8 Å². The van der Waals surface area contributed by atoms with Crippen molar-refractivity contribution in [3.63, 3.8) is 0 Å². The Labute approximate surface area is 112 Å². The predicted octanol–water partition coefficient (Wildman–Crippen LogP) is 1.73. The molecule has 0 radical (unpaired) electrons. The molecule has 5 heteroatoms. The lowest BCUT2D eigenvalue weighted by Crippen LogP contribution is -2.33. The van der Waals surface area contributed by atoms with E-state index in [2.05, 4.69) is 17.5 Å². The summed E-state index contributed by atoms with van der Waals surface area (Å²) in [6.07, 6.45) is 5.84. The summed E-state index contributed by atoms with van der Waals surface area (Å²) in [5.74, 6) is 0.817. The number of nitrogen functional groups attached to an aromatic ring is 1. The second-order valence-corrected chi connectivity index (χ2v) is 4.41. The van der Waals surface area contributed by atoms with Gasteiger partial charge in [-0.25, -0.2) is 0 Å². The maximum absolute atomic E-state index is 12.2. The third kappa shape index (κ3) is 2.81. The average Bonchev–Trinajstić information content (AvgIpc) is 2.90. The minimum absolute atomic E-state index is 0.153. The minimum atomic E-state index is -0.188. The summed E-state index contributed by atoms with van der Waals surface area (Å²) >= 11 is 0. The van der Waals surface area contributed by atoms with Gasteiger partial charge in [-0.3, -0.25) is 4.79 Å². The highest BCUT2D eigenvalue weighted by Crippen LogP contribution is 2.32. The van der Waals surface area contributed by atoms with Crippen LogP contribution in [0.2, 0.25) is 0 Å².